The van der Waals surface area contributed by atoms with Crippen LogP contribution < -0.4 is 5.32 Å². The van der Waals surface area contributed by atoms with Gasteiger partial charge in [-0.25, -0.2) is 9.18 Å². The number of carboxylic acid groups (broad SMARTS) is 1. The molecule has 5 heteroatoms. The van der Waals surface area contributed by atoms with Gasteiger partial charge >= 0.3 is 5.97 Å². The third-order valence-corrected chi connectivity index (χ3v) is 2.88. The lowest BCUT2D eigenvalue weighted by Crippen LogP contribution is -2.01. The highest BCUT2D eigenvalue weighted by Gasteiger charge is 2.14. The lowest BCUT2D eigenvalue weighted by molar-refractivity contribution is 0.0659. The molecule has 0 radical (unpaired) electrons. The van der Waals surface area contributed by atoms with Gasteiger partial charge in [-0.2, -0.15) is 0 Å². The van der Waals surface area contributed by atoms with Crippen molar-refractivity contribution in [2.75, 3.05) is 5.32 Å². The third kappa shape index (κ3) is 2.76. The standard InChI is InChI=1S/C14H14FNO3/c1-8-6-10(19-13(8)14(17)18)7-16-12-5-3-4-11(15)9(12)2/h3-6,16H,7H2,1-2H3,(H,17,18). The average molecular weight is 263 g/mol. The number of carbonyl (C=O) groups is 1. The normalized spacial score (nSPS) is 10.5. The summed E-state index contributed by atoms with van der Waals surface area (Å²) >= 11 is 0. The van der Waals surface area contributed by atoms with Crippen LogP contribution in [-0.2, 0) is 6.54 Å². The number of hydrogen-bond donors (Lipinski definition) is 2. The molecule has 1 heterocycles. The van der Waals surface area contributed by atoms with Gasteiger partial charge < -0.3 is 14.8 Å². The molecule has 0 atom stereocenters. The van der Waals surface area contributed by atoms with Gasteiger partial charge in [0.25, 0.3) is 0 Å². The SMILES string of the molecule is Cc1cc(CNc2cccc(F)c2C)oc1C(=O)O. The Morgan fingerprint density at radius 3 is 2.79 bits per heavy atom. The maximum atomic E-state index is 13.3. The molecule has 2 rings (SSSR count). The Morgan fingerprint density at radius 1 is 1.42 bits per heavy atom. The number of aryl methyl sites for hydroxylation is 1. The van der Waals surface area contributed by atoms with Crippen molar-refractivity contribution in [3.8, 4) is 0 Å². The van der Waals surface area contributed by atoms with E-state index in [2.05, 4.69) is 5.32 Å². The topological polar surface area (TPSA) is 62.5 Å². The molecule has 1 aromatic heterocycles. The van der Waals surface area contributed by atoms with Crippen molar-refractivity contribution < 1.29 is 18.7 Å². The minimum absolute atomic E-state index is 0.0623. The van der Waals surface area contributed by atoms with Gasteiger partial charge in [-0.1, -0.05) is 6.07 Å². The Balaban J connectivity index is 2.13. The van der Waals surface area contributed by atoms with E-state index in [-0.39, 0.29) is 11.6 Å². The number of hydrogen-bond acceptors (Lipinski definition) is 3. The Bertz CT molecular complexity index is 619. The molecule has 2 N–H and O–H groups in total. The van der Waals surface area contributed by atoms with Crippen LogP contribution in [0.15, 0.2) is 28.7 Å². The van der Waals surface area contributed by atoms with Crippen molar-refractivity contribution in [2.45, 2.75) is 20.4 Å². The number of rotatable bonds is 4. The fraction of sp³-hybridized carbons (Fsp3) is 0.214. The third-order valence-electron chi connectivity index (χ3n) is 2.88. The molecule has 0 bridgehead atoms. The molecule has 0 saturated heterocycles. The lowest BCUT2D eigenvalue weighted by Gasteiger charge is -2.08. The predicted octanol–water partition coefficient (Wildman–Crippen LogP) is 3.35. The molecule has 0 spiro atoms. The van der Waals surface area contributed by atoms with Crippen LogP contribution in [0.5, 0.6) is 0 Å². The summed E-state index contributed by atoms with van der Waals surface area (Å²) in [4.78, 5) is 10.8. The molecule has 100 valence electrons. The number of anilines is 1. The second-order valence-electron chi connectivity index (χ2n) is 4.30. The van der Waals surface area contributed by atoms with Crippen molar-refractivity contribution in [1.82, 2.24) is 0 Å². The van der Waals surface area contributed by atoms with Crippen LogP contribution in [0, 0.1) is 19.7 Å². The zero-order valence-electron chi connectivity index (χ0n) is 10.7. The molecular formula is C14H14FNO3. The smallest absolute Gasteiger partial charge is 0.372 e. The highest BCUT2D eigenvalue weighted by Crippen LogP contribution is 2.20. The van der Waals surface area contributed by atoms with Gasteiger partial charge in [0.1, 0.15) is 11.6 Å². The van der Waals surface area contributed by atoms with E-state index in [1.54, 1.807) is 32.0 Å². The van der Waals surface area contributed by atoms with Gasteiger partial charge in [0.15, 0.2) is 0 Å². The van der Waals surface area contributed by atoms with Crippen molar-refractivity contribution in [2.24, 2.45) is 0 Å². The molecule has 0 saturated carbocycles. The van der Waals surface area contributed by atoms with Crippen molar-refractivity contribution in [3.05, 3.63) is 52.7 Å². The fourth-order valence-electron chi connectivity index (χ4n) is 1.83. The van der Waals surface area contributed by atoms with E-state index in [4.69, 9.17) is 9.52 Å². The van der Waals surface area contributed by atoms with E-state index < -0.39 is 5.97 Å². The van der Waals surface area contributed by atoms with Gasteiger partial charge in [0.2, 0.25) is 5.76 Å². The van der Waals surface area contributed by atoms with Crippen LogP contribution in [0.3, 0.4) is 0 Å². The second kappa shape index (κ2) is 5.14. The summed E-state index contributed by atoms with van der Waals surface area (Å²) in [6, 6.07) is 6.41. The quantitative estimate of drug-likeness (QED) is 0.888. The molecule has 0 aliphatic rings. The first kappa shape index (κ1) is 13.1. The van der Waals surface area contributed by atoms with Crippen LogP contribution >= 0.6 is 0 Å². The van der Waals surface area contributed by atoms with Crippen LogP contribution in [0.1, 0.15) is 27.4 Å². The fourth-order valence-corrected chi connectivity index (χ4v) is 1.83. The first-order chi connectivity index (χ1) is 8.99. The molecule has 0 fully saturated rings. The van der Waals surface area contributed by atoms with Crippen molar-refractivity contribution >= 4 is 11.7 Å². The van der Waals surface area contributed by atoms with E-state index >= 15 is 0 Å². The zero-order valence-corrected chi connectivity index (χ0v) is 10.7. The molecule has 0 unspecified atom stereocenters. The Kier molecular flexibility index (Phi) is 3.55. The van der Waals surface area contributed by atoms with Crippen LogP contribution in [-0.4, -0.2) is 11.1 Å². The summed E-state index contributed by atoms with van der Waals surface area (Å²) < 4.78 is 18.5. The van der Waals surface area contributed by atoms with Crippen molar-refractivity contribution in [3.63, 3.8) is 0 Å². The molecule has 1 aromatic carbocycles. The highest BCUT2D eigenvalue weighted by atomic mass is 19.1. The molecule has 2 aromatic rings. The van der Waals surface area contributed by atoms with Gasteiger partial charge in [-0.05, 0) is 32.0 Å². The van der Waals surface area contributed by atoms with Crippen LogP contribution in [0.25, 0.3) is 0 Å². The number of furan rings is 1. The van der Waals surface area contributed by atoms with E-state index in [0.717, 1.165) is 0 Å². The van der Waals surface area contributed by atoms with Gasteiger partial charge in [-0.15, -0.1) is 0 Å². The van der Waals surface area contributed by atoms with Gasteiger partial charge in [0, 0.05) is 16.8 Å². The minimum atomic E-state index is -1.09. The molecule has 0 aliphatic carbocycles. The summed E-state index contributed by atoms with van der Waals surface area (Å²) in [7, 11) is 0. The van der Waals surface area contributed by atoms with Crippen LogP contribution in [0.2, 0.25) is 0 Å². The summed E-state index contributed by atoms with van der Waals surface area (Å²) in [5.74, 6) is -0.941. The first-order valence-electron chi connectivity index (χ1n) is 5.80. The second-order valence-corrected chi connectivity index (χ2v) is 4.30. The predicted molar refractivity (Wildman–Crippen MR) is 68.9 cm³/mol. The largest absolute Gasteiger partial charge is 0.475 e. The maximum absolute atomic E-state index is 13.3. The Morgan fingerprint density at radius 2 is 2.16 bits per heavy atom. The maximum Gasteiger partial charge on any atom is 0.372 e. The zero-order chi connectivity index (χ0) is 14.0. The molecular weight excluding hydrogens is 249 g/mol. The lowest BCUT2D eigenvalue weighted by atomic mass is 10.2. The van der Waals surface area contributed by atoms with Crippen LogP contribution in [0.4, 0.5) is 10.1 Å². The van der Waals surface area contributed by atoms with Gasteiger partial charge in [-0.3, -0.25) is 0 Å². The van der Waals surface area contributed by atoms with Crippen molar-refractivity contribution in [1.29, 1.82) is 0 Å². The number of nitrogens with one attached hydrogen (secondary N) is 1. The van der Waals surface area contributed by atoms with Gasteiger partial charge in [0.05, 0.1) is 6.54 Å². The molecule has 4 nitrogen and oxygen atoms in total. The number of aromatic carboxylic acids is 1. The van der Waals surface area contributed by atoms with E-state index in [0.29, 0.717) is 29.1 Å². The Hall–Kier alpha value is -2.30. The summed E-state index contributed by atoms with van der Waals surface area (Å²) in [6.45, 7) is 3.65. The average Bonchev–Trinajstić information content (AvgIpc) is 2.73. The molecule has 0 aliphatic heterocycles. The number of benzene rings is 1. The van der Waals surface area contributed by atoms with E-state index in [1.807, 2.05) is 0 Å². The molecule has 19 heavy (non-hydrogen) atoms. The number of halogens is 1. The minimum Gasteiger partial charge on any atom is -0.475 e. The summed E-state index contributed by atoms with van der Waals surface area (Å²) in [6.07, 6.45) is 0. The first-order valence-corrected chi connectivity index (χ1v) is 5.80. The van der Waals surface area contributed by atoms with E-state index in [1.165, 1.54) is 6.07 Å². The Labute approximate surface area is 109 Å². The number of carboxylic acids is 1. The highest BCUT2D eigenvalue weighted by molar-refractivity contribution is 5.86. The molecule has 0 amide bonds. The summed E-state index contributed by atoms with van der Waals surface area (Å²) in [5.41, 5.74) is 1.75. The van der Waals surface area contributed by atoms with E-state index in [9.17, 15) is 9.18 Å². The summed E-state index contributed by atoms with van der Waals surface area (Å²) in [5, 5.41) is 11.9. The monoisotopic (exact) mass is 263 g/mol.